The van der Waals surface area contributed by atoms with Crippen LogP contribution in [0, 0.1) is 13.7 Å². The number of ether oxygens (including phenoxy) is 1. The largest absolute Gasteiger partial charge is 0.480 e. The number of pyridine rings is 1. The molecule has 0 saturated heterocycles. The number of anilines is 1. The molecule has 13 heavy (non-hydrogen) atoms. The number of nitrogens with two attached hydrogens (primary N) is 1. The van der Waals surface area contributed by atoms with Gasteiger partial charge in [-0.25, -0.2) is 0 Å². The number of rotatable bonds is 2. The number of nitro groups is 1. The van der Waals surface area contributed by atoms with Gasteiger partial charge in [0, 0.05) is 6.07 Å². The fourth-order valence-corrected chi connectivity index (χ4v) is 1.40. The minimum atomic E-state index is -0.579. The Morgan fingerprint density at radius 1 is 1.77 bits per heavy atom. The first-order valence-electron chi connectivity index (χ1n) is 3.20. The van der Waals surface area contributed by atoms with Crippen LogP contribution in [0.3, 0.4) is 0 Å². The molecule has 0 radical (unpaired) electrons. The summed E-state index contributed by atoms with van der Waals surface area (Å²) >= 11 is 1.89. The van der Waals surface area contributed by atoms with Crippen LogP contribution in [0.1, 0.15) is 0 Å². The van der Waals surface area contributed by atoms with Crippen LogP contribution >= 0.6 is 22.6 Å². The smallest absolute Gasteiger partial charge is 0.312 e. The predicted octanol–water partition coefficient (Wildman–Crippen LogP) is 1.19. The SMILES string of the molecule is COc1nc(N)c([N+](=O)[O-])cc1I. The summed E-state index contributed by atoms with van der Waals surface area (Å²) in [7, 11) is 1.43. The fraction of sp³-hybridized carbons (Fsp3) is 0.167. The van der Waals surface area contributed by atoms with Gasteiger partial charge >= 0.3 is 5.69 Å². The molecular weight excluding hydrogens is 289 g/mol. The third-order valence-corrected chi connectivity index (χ3v) is 2.12. The predicted molar refractivity (Wildman–Crippen MR) is 54.6 cm³/mol. The number of nitrogens with zero attached hydrogens (tertiary/aromatic N) is 2. The van der Waals surface area contributed by atoms with E-state index in [2.05, 4.69) is 4.98 Å². The first kappa shape index (κ1) is 9.96. The highest BCUT2D eigenvalue weighted by atomic mass is 127. The lowest BCUT2D eigenvalue weighted by Crippen LogP contribution is -2.01. The van der Waals surface area contributed by atoms with E-state index < -0.39 is 4.92 Å². The summed E-state index contributed by atoms with van der Waals surface area (Å²) in [5.41, 5.74) is 5.13. The van der Waals surface area contributed by atoms with Gasteiger partial charge in [0.1, 0.15) is 0 Å². The zero-order valence-corrected chi connectivity index (χ0v) is 8.81. The van der Waals surface area contributed by atoms with E-state index in [-0.39, 0.29) is 11.5 Å². The Bertz CT molecular complexity index is 355. The van der Waals surface area contributed by atoms with Crippen molar-refractivity contribution in [2.75, 3.05) is 12.8 Å². The van der Waals surface area contributed by atoms with Crippen molar-refractivity contribution in [3.63, 3.8) is 0 Å². The van der Waals surface area contributed by atoms with Crippen molar-refractivity contribution in [2.24, 2.45) is 0 Å². The minimum Gasteiger partial charge on any atom is -0.480 e. The summed E-state index contributed by atoms with van der Waals surface area (Å²) in [6, 6.07) is 1.32. The Labute approximate surface area is 87.4 Å². The maximum absolute atomic E-state index is 10.4. The second kappa shape index (κ2) is 3.73. The zero-order valence-electron chi connectivity index (χ0n) is 6.65. The third-order valence-electron chi connectivity index (χ3n) is 1.34. The minimum absolute atomic E-state index is 0.137. The Kier molecular flexibility index (Phi) is 2.86. The molecule has 0 saturated carbocycles. The van der Waals surface area contributed by atoms with Crippen molar-refractivity contribution in [3.8, 4) is 5.88 Å². The molecule has 0 aliphatic carbocycles. The molecule has 0 amide bonds. The lowest BCUT2D eigenvalue weighted by Gasteiger charge is -2.02. The molecule has 0 fully saturated rings. The second-order valence-electron chi connectivity index (χ2n) is 2.14. The molecule has 2 N–H and O–H groups in total. The molecule has 0 aliphatic rings. The van der Waals surface area contributed by atoms with Crippen LogP contribution in [0.2, 0.25) is 0 Å². The first-order valence-corrected chi connectivity index (χ1v) is 4.28. The second-order valence-corrected chi connectivity index (χ2v) is 3.30. The zero-order chi connectivity index (χ0) is 10.0. The van der Waals surface area contributed by atoms with Gasteiger partial charge in [0.2, 0.25) is 11.7 Å². The van der Waals surface area contributed by atoms with Crippen LogP contribution in [-0.2, 0) is 0 Å². The number of halogens is 1. The van der Waals surface area contributed by atoms with Gasteiger partial charge in [0.25, 0.3) is 0 Å². The Morgan fingerprint density at radius 2 is 2.38 bits per heavy atom. The lowest BCUT2D eigenvalue weighted by atomic mass is 10.4. The van der Waals surface area contributed by atoms with Crippen LogP contribution in [-0.4, -0.2) is 17.0 Å². The summed E-state index contributed by atoms with van der Waals surface area (Å²) in [6.07, 6.45) is 0. The van der Waals surface area contributed by atoms with Crippen LogP contribution in [0.15, 0.2) is 6.07 Å². The van der Waals surface area contributed by atoms with Crippen LogP contribution in [0.5, 0.6) is 5.88 Å². The van der Waals surface area contributed by atoms with Gasteiger partial charge in [0.15, 0.2) is 0 Å². The van der Waals surface area contributed by atoms with Gasteiger partial charge in [-0.2, -0.15) is 4.98 Å². The van der Waals surface area contributed by atoms with E-state index in [9.17, 15) is 10.1 Å². The standard InChI is InChI=1S/C6H6IN3O3/c1-13-6-3(7)2-4(10(11)12)5(8)9-6/h2H,1H3,(H2,8,9). The highest BCUT2D eigenvalue weighted by molar-refractivity contribution is 14.1. The number of nitrogen functional groups attached to an aromatic ring is 1. The normalized spacial score (nSPS) is 9.69. The number of methoxy groups -OCH3 is 1. The van der Waals surface area contributed by atoms with E-state index in [0.717, 1.165) is 0 Å². The Balaban J connectivity index is 3.28. The van der Waals surface area contributed by atoms with Crippen molar-refractivity contribution in [1.82, 2.24) is 4.98 Å². The monoisotopic (exact) mass is 295 g/mol. The number of hydrogen-bond acceptors (Lipinski definition) is 5. The molecule has 6 nitrogen and oxygen atoms in total. The molecule has 0 aliphatic heterocycles. The van der Waals surface area contributed by atoms with Crippen molar-refractivity contribution >= 4 is 34.1 Å². The van der Waals surface area contributed by atoms with Gasteiger partial charge in [-0.1, -0.05) is 0 Å². The highest BCUT2D eigenvalue weighted by Gasteiger charge is 2.16. The summed E-state index contributed by atoms with van der Waals surface area (Å²) in [6.45, 7) is 0. The van der Waals surface area contributed by atoms with Crippen molar-refractivity contribution in [3.05, 3.63) is 19.8 Å². The average Bonchev–Trinajstić information content (AvgIpc) is 2.07. The molecular formula is C6H6IN3O3. The van der Waals surface area contributed by atoms with Crippen LogP contribution in [0.4, 0.5) is 11.5 Å². The van der Waals surface area contributed by atoms with Crippen molar-refractivity contribution in [2.45, 2.75) is 0 Å². The molecule has 0 spiro atoms. The van der Waals surface area contributed by atoms with Gasteiger partial charge in [-0.15, -0.1) is 0 Å². The van der Waals surface area contributed by atoms with Crippen LogP contribution in [0.25, 0.3) is 0 Å². The maximum Gasteiger partial charge on any atom is 0.312 e. The summed E-state index contributed by atoms with van der Waals surface area (Å²) in [5, 5.41) is 10.4. The topological polar surface area (TPSA) is 91.3 Å². The van der Waals surface area contributed by atoms with E-state index in [1.807, 2.05) is 22.6 Å². The summed E-state index contributed by atoms with van der Waals surface area (Å²) < 4.78 is 5.40. The molecule has 70 valence electrons. The third kappa shape index (κ3) is 1.97. The molecule has 1 heterocycles. The van der Waals surface area contributed by atoms with Gasteiger partial charge in [-0.3, -0.25) is 10.1 Å². The van der Waals surface area contributed by atoms with E-state index in [1.54, 1.807) is 0 Å². The molecule has 0 aromatic carbocycles. The molecule has 1 aromatic rings. The molecule has 1 rings (SSSR count). The summed E-state index contributed by atoms with van der Waals surface area (Å²) in [5.74, 6) is 0.158. The van der Waals surface area contributed by atoms with Crippen molar-refractivity contribution < 1.29 is 9.66 Å². The molecule has 0 bridgehead atoms. The van der Waals surface area contributed by atoms with E-state index >= 15 is 0 Å². The number of aromatic nitrogens is 1. The maximum atomic E-state index is 10.4. The molecule has 7 heteroatoms. The number of hydrogen-bond donors (Lipinski definition) is 1. The van der Waals surface area contributed by atoms with Crippen molar-refractivity contribution in [1.29, 1.82) is 0 Å². The van der Waals surface area contributed by atoms with Gasteiger partial charge in [0.05, 0.1) is 15.6 Å². The molecule has 0 atom stereocenters. The van der Waals surface area contributed by atoms with Gasteiger partial charge in [-0.05, 0) is 22.6 Å². The van der Waals surface area contributed by atoms with Crippen LogP contribution < -0.4 is 10.5 Å². The lowest BCUT2D eigenvalue weighted by molar-refractivity contribution is -0.384. The quantitative estimate of drug-likeness (QED) is 0.502. The van der Waals surface area contributed by atoms with E-state index in [0.29, 0.717) is 9.45 Å². The fourth-order valence-electron chi connectivity index (χ4n) is 0.765. The first-order chi connectivity index (χ1) is 6.06. The Hall–Kier alpha value is -1.12. The Morgan fingerprint density at radius 3 is 2.85 bits per heavy atom. The van der Waals surface area contributed by atoms with E-state index in [1.165, 1.54) is 13.2 Å². The average molecular weight is 295 g/mol. The van der Waals surface area contributed by atoms with E-state index in [4.69, 9.17) is 10.5 Å². The summed E-state index contributed by atoms with van der Waals surface area (Å²) in [4.78, 5) is 13.6. The highest BCUT2D eigenvalue weighted by Crippen LogP contribution is 2.27. The molecule has 1 aromatic heterocycles. The molecule has 0 unspecified atom stereocenters. The van der Waals surface area contributed by atoms with Gasteiger partial charge < -0.3 is 10.5 Å².